The molecule has 9 nitrogen and oxygen atoms in total. The quantitative estimate of drug-likeness (QED) is 0.415. The Morgan fingerprint density at radius 2 is 2.03 bits per heavy atom. The molecule has 192 valence electrons. The van der Waals surface area contributed by atoms with Crippen LogP contribution in [0.25, 0.3) is 0 Å². The number of hydrogen-bond donors (Lipinski definition) is 4. The second kappa shape index (κ2) is 11.2. The minimum Gasteiger partial charge on any atom is -0.396 e. The van der Waals surface area contributed by atoms with Gasteiger partial charge in [-0.3, -0.25) is 10.4 Å². The van der Waals surface area contributed by atoms with Crippen LogP contribution in [0.4, 0.5) is 19.0 Å². The summed E-state index contributed by atoms with van der Waals surface area (Å²) in [6.45, 7) is 5.60. The summed E-state index contributed by atoms with van der Waals surface area (Å²) in [5, 5.41) is 18.0. The van der Waals surface area contributed by atoms with Crippen LogP contribution < -0.4 is 16.1 Å². The normalized spacial score (nSPS) is 19.6. The Morgan fingerprint density at radius 1 is 1.26 bits per heavy atom. The number of aryl methyl sites for hydroxylation is 1. The fourth-order valence-corrected chi connectivity index (χ4v) is 4.33. The highest BCUT2D eigenvalue weighted by atomic mass is 19.3. The summed E-state index contributed by atoms with van der Waals surface area (Å²) in [7, 11) is 0. The van der Waals surface area contributed by atoms with Crippen molar-refractivity contribution in [2.24, 2.45) is 10.9 Å². The van der Waals surface area contributed by atoms with Gasteiger partial charge in [-0.25, -0.2) is 18.2 Å². The topological polar surface area (TPSA) is 97.3 Å². The largest absolute Gasteiger partial charge is 0.396 e. The van der Waals surface area contributed by atoms with E-state index in [0.29, 0.717) is 29.7 Å². The maximum atomic E-state index is 13.2. The number of allylic oxidation sites excluding steroid dienone is 1. The number of hydrogen-bond acceptors (Lipinski definition) is 9. The van der Waals surface area contributed by atoms with Gasteiger partial charge in [0.2, 0.25) is 5.96 Å². The van der Waals surface area contributed by atoms with E-state index in [1.165, 1.54) is 0 Å². The lowest BCUT2D eigenvalue weighted by Crippen LogP contribution is -2.47. The number of aromatic nitrogens is 1. The molecule has 1 atom stereocenters. The van der Waals surface area contributed by atoms with Gasteiger partial charge in [0.25, 0.3) is 12.8 Å². The van der Waals surface area contributed by atoms with Crippen LogP contribution in [0.15, 0.2) is 46.2 Å². The first-order valence-electron chi connectivity index (χ1n) is 11.9. The monoisotopic (exact) mass is 495 g/mol. The maximum absolute atomic E-state index is 13.2. The minimum absolute atomic E-state index is 0.165. The number of guanidine groups is 1. The van der Waals surface area contributed by atoms with Crippen molar-refractivity contribution in [1.82, 2.24) is 25.6 Å². The first kappa shape index (κ1) is 25.1. The van der Waals surface area contributed by atoms with E-state index in [1.807, 2.05) is 26.0 Å². The van der Waals surface area contributed by atoms with Crippen LogP contribution >= 0.6 is 0 Å². The van der Waals surface area contributed by atoms with Crippen LogP contribution in [0.2, 0.25) is 0 Å². The molecule has 0 bridgehead atoms. The maximum Gasteiger partial charge on any atom is 0.293 e. The zero-order chi connectivity index (χ0) is 24.9. The SMILES string of the molecule is CCC1=C2NC(N3CCC(CO)CC3)=NC(Nc3cc(C)ccn3)=C2NN1CCOC(F)C(F)F. The van der Waals surface area contributed by atoms with Crippen LogP contribution in [-0.4, -0.2) is 71.6 Å². The number of aliphatic hydroxyl groups excluding tert-OH is 1. The number of alkyl halides is 3. The van der Waals surface area contributed by atoms with Crippen LogP contribution in [0.3, 0.4) is 0 Å². The van der Waals surface area contributed by atoms with Crippen LogP contribution in [0.5, 0.6) is 0 Å². The number of likely N-dealkylation sites (tertiary alicyclic amines) is 1. The van der Waals surface area contributed by atoms with Gasteiger partial charge in [-0.2, -0.15) is 4.99 Å². The summed E-state index contributed by atoms with van der Waals surface area (Å²) in [4.78, 5) is 11.4. The third-order valence-corrected chi connectivity index (χ3v) is 6.26. The molecule has 1 fully saturated rings. The highest BCUT2D eigenvalue weighted by Crippen LogP contribution is 2.31. The van der Waals surface area contributed by atoms with Crippen molar-refractivity contribution in [3.63, 3.8) is 0 Å². The van der Waals surface area contributed by atoms with Gasteiger partial charge in [0.1, 0.15) is 11.5 Å². The van der Waals surface area contributed by atoms with E-state index in [-0.39, 0.29) is 25.7 Å². The number of halogens is 3. The predicted molar refractivity (Wildman–Crippen MR) is 126 cm³/mol. The van der Waals surface area contributed by atoms with E-state index in [2.05, 4.69) is 30.7 Å². The van der Waals surface area contributed by atoms with E-state index in [4.69, 9.17) is 4.99 Å². The number of aliphatic imine (C=N–C) groups is 1. The Balaban J connectivity index is 1.59. The van der Waals surface area contributed by atoms with Gasteiger partial charge in [0.05, 0.1) is 24.5 Å². The van der Waals surface area contributed by atoms with Crippen LogP contribution in [0.1, 0.15) is 31.7 Å². The van der Waals surface area contributed by atoms with Gasteiger partial charge in [-0.15, -0.1) is 0 Å². The molecule has 1 saturated heterocycles. The molecular formula is C23H32F3N7O2. The van der Waals surface area contributed by atoms with Crippen molar-refractivity contribution in [3.05, 3.63) is 46.8 Å². The molecular weight excluding hydrogens is 463 g/mol. The molecule has 0 aliphatic carbocycles. The van der Waals surface area contributed by atoms with Gasteiger partial charge in [-0.05, 0) is 49.8 Å². The average molecular weight is 496 g/mol. The third kappa shape index (κ3) is 5.81. The fourth-order valence-electron chi connectivity index (χ4n) is 4.33. The summed E-state index contributed by atoms with van der Waals surface area (Å²) in [6.07, 6.45) is -1.72. The zero-order valence-corrected chi connectivity index (χ0v) is 19.9. The van der Waals surface area contributed by atoms with Crippen LogP contribution in [0, 0.1) is 12.8 Å². The third-order valence-electron chi connectivity index (χ3n) is 6.26. The fraction of sp³-hybridized carbons (Fsp3) is 0.565. The molecule has 1 aromatic rings. The molecule has 0 saturated carbocycles. The highest BCUT2D eigenvalue weighted by molar-refractivity contribution is 5.86. The van der Waals surface area contributed by atoms with E-state index in [0.717, 1.165) is 42.9 Å². The molecule has 0 aromatic carbocycles. The Hall–Kier alpha value is -2.99. The lowest BCUT2D eigenvalue weighted by atomic mass is 9.98. The van der Waals surface area contributed by atoms with E-state index in [9.17, 15) is 18.3 Å². The Labute approximate surface area is 202 Å². The smallest absolute Gasteiger partial charge is 0.293 e. The number of aliphatic hydroxyl groups is 1. The van der Waals surface area contributed by atoms with Crippen molar-refractivity contribution in [1.29, 1.82) is 0 Å². The Morgan fingerprint density at radius 3 is 2.69 bits per heavy atom. The highest BCUT2D eigenvalue weighted by Gasteiger charge is 2.34. The molecule has 1 unspecified atom stereocenters. The molecule has 12 heteroatoms. The van der Waals surface area contributed by atoms with Crippen LogP contribution in [-0.2, 0) is 4.74 Å². The molecule has 0 amide bonds. The molecule has 35 heavy (non-hydrogen) atoms. The molecule has 0 spiro atoms. The van der Waals surface area contributed by atoms with E-state index >= 15 is 0 Å². The average Bonchev–Trinajstić information content (AvgIpc) is 3.21. The van der Waals surface area contributed by atoms with Crippen molar-refractivity contribution in [2.45, 2.75) is 45.9 Å². The second-order valence-electron chi connectivity index (χ2n) is 8.74. The van der Waals surface area contributed by atoms with Crippen molar-refractivity contribution >= 4 is 11.8 Å². The number of nitrogens with one attached hydrogen (secondary N) is 3. The molecule has 4 N–H and O–H groups in total. The lowest BCUT2D eigenvalue weighted by molar-refractivity contribution is -0.130. The van der Waals surface area contributed by atoms with Crippen molar-refractivity contribution < 1.29 is 23.0 Å². The molecule has 1 aromatic heterocycles. The van der Waals surface area contributed by atoms with Gasteiger partial charge < -0.3 is 25.4 Å². The number of rotatable bonds is 9. The number of pyridine rings is 1. The molecule has 4 rings (SSSR count). The number of anilines is 1. The van der Waals surface area contributed by atoms with Gasteiger partial charge in [0.15, 0.2) is 5.82 Å². The molecule has 4 heterocycles. The summed E-state index contributed by atoms with van der Waals surface area (Å²) < 4.78 is 42.8. The molecule has 3 aliphatic heterocycles. The second-order valence-corrected chi connectivity index (χ2v) is 8.74. The Bertz CT molecular complexity index is 993. The standard InChI is InChI=1S/C23H32F3N7O2/c1-3-16-18-19(31-33(16)10-11-35-21(26)20(24)25)22(28-17-12-14(2)4-7-27-17)30-23(29-18)32-8-5-15(13-34)6-9-32/h4,7,12,15,20-21,31,34H,3,5-6,8-11,13H2,1-2H3,(H,27,28)(H,29,30). The van der Waals surface area contributed by atoms with Gasteiger partial charge >= 0.3 is 0 Å². The van der Waals surface area contributed by atoms with Gasteiger partial charge in [0, 0.05) is 25.9 Å². The molecule has 3 aliphatic rings. The number of ether oxygens (including phenoxy) is 1. The lowest BCUT2D eigenvalue weighted by Gasteiger charge is -2.35. The minimum atomic E-state index is -3.18. The number of hydrazine groups is 1. The first-order valence-corrected chi connectivity index (χ1v) is 11.9. The van der Waals surface area contributed by atoms with Crippen molar-refractivity contribution in [2.75, 3.05) is 38.2 Å². The van der Waals surface area contributed by atoms with Crippen molar-refractivity contribution in [3.8, 4) is 0 Å². The Kier molecular flexibility index (Phi) is 8.01. The zero-order valence-electron chi connectivity index (χ0n) is 19.9. The number of piperidine rings is 1. The van der Waals surface area contributed by atoms with E-state index in [1.54, 1.807) is 11.2 Å². The number of fused-ring (bicyclic) bond motifs is 1. The first-order chi connectivity index (χ1) is 16.9. The predicted octanol–water partition coefficient (Wildman–Crippen LogP) is 2.65. The summed E-state index contributed by atoms with van der Waals surface area (Å²) in [5.74, 6) is 2.16. The summed E-state index contributed by atoms with van der Waals surface area (Å²) in [5.41, 5.74) is 6.67. The summed E-state index contributed by atoms with van der Waals surface area (Å²) >= 11 is 0. The summed E-state index contributed by atoms with van der Waals surface area (Å²) in [6, 6.07) is 3.81. The number of nitrogens with zero attached hydrogens (tertiary/aromatic N) is 4. The van der Waals surface area contributed by atoms with E-state index < -0.39 is 12.8 Å². The molecule has 0 radical (unpaired) electrons. The van der Waals surface area contributed by atoms with Gasteiger partial charge in [-0.1, -0.05) is 6.92 Å².